The van der Waals surface area contributed by atoms with Gasteiger partial charge in [0.05, 0.1) is 12.6 Å². The summed E-state index contributed by atoms with van der Waals surface area (Å²) in [6, 6.07) is -0.276. The van der Waals surface area contributed by atoms with Crippen LogP contribution in [0.5, 0.6) is 0 Å². The van der Waals surface area contributed by atoms with Crippen LogP contribution in [0.2, 0.25) is 0 Å². The van der Waals surface area contributed by atoms with Crippen LogP contribution in [-0.4, -0.2) is 40.9 Å². The van der Waals surface area contributed by atoms with Crippen LogP contribution < -0.4 is 0 Å². The summed E-state index contributed by atoms with van der Waals surface area (Å²) >= 11 is 0. The molecule has 2 atom stereocenters. The molecule has 96 valence electrons. The first-order valence-corrected chi connectivity index (χ1v) is 5.80. The van der Waals surface area contributed by atoms with Gasteiger partial charge in [0.15, 0.2) is 0 Å². The lowest BCUT2D eigenvalue weighted by molar-refractivity contribution is -0.158. The molecule has 1 N–H and O–H groups in total. The number of hydrogen-bond acceptors (Lipinski definition) is 2. The van der Waals surface area contributed by atoms with Crippen molar-refractivity contribution < 1.29 is 18.3 Å². The number of aliphatic hydroxyl groups is 1. The van der Waals surface area contributed by atoms with Crippen molar-refractivity contribution in [3.8, 4) is 0 Å². The quantitative estimate of drug-likeness (QED) is 0.818. The molecule has 0 aliphatic heterocycles. The molecule has 1 rings (SSSR count). The molecule has 0 aromatic carbocycles. The minimum Gasteiger partial charge on any atom is -0.393 e. The van der Waals surface area contributed by atoms with Crippen molar-refractivity contribution in [2.45, 2.75) is 63.9 Å². The highest BCUT2D eigenvalue weighted by molar-refractivity contribution is 4.83. The van der Waals surface area contributed by atoms with E-state index in [0.717, 1.165) is 12.8 Å². The van der Waals surface area contributed by atoms with Gasteiger partial charge in [-0.25, -0.2) is 0 Å². The van der Waals surface area contributed by atoms with E-state index >= 15 is 0 Å². The molecule has 16 heavy (non-hydrogen) atoms. The average molecular weight is 239 g/mol. The van der Waals surface area contributed by atoms with Crippen LogP contribution in [0.15, 0.2) is 0 Å². The van der Waals surface area contributed by atoms with E-state index in [4.69, 9.17) is 0 Å². The summed E-state index contributed by atoms with van der Waals surface area (Å²) < 4.78 is 37.2. The topological polar surface area (TPSA) is 23.5 Å². The van der Waals surface area contributed by atoms with E-state index in [-0.39, 0.29) is 12.1 Å². The summed E-state index contributed by atoms with van der Waals surface area (Å²) in [4.78, 5) is 1.46. The van der Waals surface area contributed by atoms with Gasteiger partial charge in [-0.2, -0.15) is 13.2 Å². The third-order valence-electron chi connectivity index (χ3n) is 3.11. The minimum absolute atomic E-state index is 0.134. The first kappa shape index (κ1) is 13.8. The van der Waals surface area contributed by atoms with Crippen molar-refractivity contribution in [2.75, 3.05) is 6.54 Å². The van der Waals surface area contributed by atoms with E-state index < -0.39 is 18.8 Å². The molecule has 0 heterocycles. The van der Waals surface area contributed by atoms with Crippen molar-refractivity contribution in [1.29, 1.82) is 0 Å². The van der Waals surface area contributed by atoms with Gasteiger partial charge in [-0.1, -0.05) is 0 Å². The van der Waals surface area contributed by atoms with Crippen LogP contribution in [0.4, 0.5) is 13.2 Å². The molecule has 2 nitrogen and oxygen atoms in total. The third kappa shape index (κ3) is 4.29. The molecule has 0 aromatic heterocycles. The second kappa shape index (κ2) is 5.36. The van der Waals surface area contributed by atoms with E-state index in [9.17, 15) is 18.3 Å². The number of halogens is 3. The van der Waals surface area contributed by atoms with Crippen LogP contribution in [0.25, 0.3) is 0 Å². The first-order valence-electron chi connectivity index (χ1n) is 5.80. The Morgan fingerprint density at radius 1 is 1.31 bits per heavy atom. The van der Waals surface area contributed by atoms with Crippen LogP contribution in [0.3, 0.4) is 0 Å². The second-order valence-electron chi connectivity index (χ2n) is 4.86. The maximum atomic E-state index is 12.4. The number of alkyl halides is 3. The van der Waals surface area contributed by atoms with Gasteiger partial charge in [-0.15, -0.1) is 0 Å². The Hall–Kier alpha value is -0.290. The summed E-state index contributed by atoms with van der Waals surface area (Å²) in [5.74, 6) is 0. The fourth-order valence-corrected chi connectivity index (χ4v) is 2.38. The van der Waals surface area contributed by atoms with Gasteiger partial charge in [0, 0.05) is 12.1 Å². The Bertz CT molecular complexity index is 218. The van der Waals surface area contributed by atoms with Crippen molar-refractivity contribution >= 4 is 0 Å². The van der Waals surface area contributed by atoms with Gasteiger partial charge in [0.1, 0.15) is 0 Å². The van der Waals surface area contributed by atoms with Gasteiger partial charge in [-0.05, 0) is 39.5 Å². The molecular formula is C11H20F3NO. The van der Waals surface area contributed by atoms with E-state index in [1.807, 2.05) is 0 Å². The standard InChI is InChI=1S/C11H20F3NO/c1-8(2)15(7-11(12,13)14)9-4-3-5-10(16)6-9/h8-10,16H,3-7H2,1-2H3. The third-order valence-corrected chi connectivity index (χ3v) is 3.11. The fraction of sp³-hybridized carbons (Fsp3) is 1.00. The monoisotopic (exact) mass is 239 g/mol. The maximum absolute atomic E-state index is 12.4. The predicted molar refractivity (Wildman–Crippen MR) is 56.2 cm³/mol. The molecule has 0 spiro atoms. The zero-order valence-electron chi connectivity index (χ0n) is 9.80. The van der Waals surface area contributed by atoms with E-state index in [2.05, 4.69) is 0 Å². The van der Waals surface area contributed by atoms with E-state index in [1.165, 1.54) is 4.90 Å². The molecule has 1 aliphatic rings. The lowest BCUT2D eigenvalue weighted by atomic mass is 9.91. The van der Waals surface area contributed by atoms with Crippen LogP contribution in [0, 0.1) is 0 Å². The van der Waals surface area contributed by atoms with Gasteiger partial charge in [-0.3, -0.25) is 4.90 Å². The number of aliphatic hydroxyl groups excluding tert-OH is 1. The molecule has 5 heteroatoms. The molecule has 2 unspecified atom stereocenters. The predicted octanol–water partition coefficient (Wildman–Crippen LogP) is 2.56. The average Bonchev–Trinajstić information content (AvgIpc) is 2.12. The minimum atomic E-state index is -4.16. The van der Waals surface area contributed by atoms with Crippen molar-refractivity contribution in [3.05, 3.63) is 0 Å². The Morgan fingerprint density at radius 2 is 1.94 bits per heavy atom. The number of hydrogen-bond donors (Lipinski definition) is 1. The Balaban J connectivity index is 2.62. The van der Waals surface area contributed by atoms with Crippen molar-refractivity contribution in [1.82, 2.24) is 4.90 Å². The van der Waals surface area contributed by atoms with Crippen LogP contribution in [0.1, 0.15) is 39.5 Å². The summed E-state index contributed by atoms with van der Waals surface area (Å²) in [6.07, 6.45) is -1.85. The number of nitrogens with zero attached hydrogens (tertiary/aromatic N) is 1. The largest absolute Gasteiger partial charge is 0.401 e. The van der Waals surface area contributed by atoms with E-state index in [0.29, 0.717) is 12.8 Å². The molecule has 1 saturated carbocycles. The second-order valence-corrected chi connectivity index (χ2v) is 4.86. The summed E-state index contributed by atoms with van der Waals surface area (Å²) in [6.45, 7) is 2.67. The molecular weight excluding hydrogens is 219 g/mol. The molecule has 1 fully saturated rings. The van der Waals surface area contributed by atoms with Gasteiger partial charge < -0.3 is 5.11 Å². The van der Waals surface area contributed by atoms with Gasteiger partial charge in [0.2, 0.25) is 0 Å². The highest BCUT2D eigenvalue weighted by Gasteiger charge is 2.36. The Labute approximate surface area is 94.4 Å². The molecule has 0 saturated heterocycles. The van der Waals surface area contributed by atoms with Gasteiger partial charge in [0.25, 0.3) is 0 Å². The molecule has 0 aromatic rings. The molecule has 0 amide bonds. The zero-order valence-corrected chi connectivity index (χ0v) is 9.80. The summed E-state index contributed by atoms with van der Waals surface area (Å²) in [5.41, 5.74) is 0. The summed E-state index contributed by atoms with van der Waals surface area (Å²) in [5, 5.41) is 9.50. The van der Waals surface area contributed by atoms with E-state index in [1.54, 1.807) is 13.8 Å². The maximum Gasteiger partial charge on any atom is 0.401 e. The highest BCUT2D eigenvalue weighted by atomic mass is 19.4. The Kier molecular flexibility index (Phi) is 4.62. The zero-order chi connectivity index (χ0) is 12.3. The van der Waals surface area contributed by atoms with Crippen LogP contribution in [-0.2, 0) is 0 Å². The SMILES string of the molecule is CC(C)N(CC(F)(F)F)C1CCCC(O)C1. The molecule has 0 radical (unpaired) electrons. The van der Waals surface area contributed by atoms with Crippen LogP contribution >= 0.6 is 0 Å². The fourth-order valence-electron chi connectivity index (χ4n) is 2.38. The lowest BCUT2D eigenvalue weighted by Gasteiger charge is -2.39. The lowest BCUT2D eigenvalue weighted by Crippen LogP contribution is -2.48. The molecule has 0 bridgehead atoms. The highest BCUT2D eigenvalue weighted by Crippen LogP contribution is 2.27. The first-order chi connectivity index (χ1) is 7.29. The van der Waals surface area contributed by atoms with Gasteiger partial charge >= 0.3 is 6.18 Å². The molecule has 1 aliphatic carbocycles. The van der Waals surface area contributed by atoms with Crippen molar-refractivity contribution in [2.24, 2.45) is 0 Å². The normalized spacial score (nSPS) is 27.8. The van der Waals surface area contributed by atoms with Crippen molar-refractivity contribution in [3.63, 3.8) is 0 Å². The smallest absolute Gasteiger partial charge is 0.393 e. The number of rotatable bonds is 3. The summed E-state index contributed by atoms with van der Waals surface area (Å²) in [7, 11) is 0. The Morgan fingerprint density at radius 3 is 2.38 bits per heavy atom.